The molecule has 1 aliphatic rings. The van der Waals surface area contributed by atoms with Gasteiger partial charge in [0.05, 0.1) is 11.0 Å². The van der Waals surface area contributed by atoms with Gasteiger partial charge in [-0.15, -0.1) is 10.2 Å². The number of non-ortho nitro benzene ring substituents is 1. The zero-order valence-electron chi connectivity index (χ0n) is 9.28. The van der Waals surface area contributed by atoms with Gasteiger partial charge in [-0.2, -0.15) is 0 Å². The third-order valence-corrected chi connectivity index (χ3v) is 2.86. The standard InChI is InChI=1S/C11H9FN4O2/c12-8-3-7(4-10(5-8)16(17)18)11-14-13-6-15(11)9-1-2-9/h3-6,9H,1-2H2. The molecule has 0 saturated heterocycles. The molecule has 0 aliphatic heterocycles. The third kappa shape index (κ3) is 1.83. The molecule has 0 unspecified atom stereocenters. The van der Waals surface area contributed by atoms with Crippen LogP contribution in [0, 0.1) is 15.9 Å². The lowest BCUT2D eigenvalue weighted by atomic mass is 10.2. The highest BCUT2D eigenvalue weighted by Gasteiger charge is 2.27. The molecule has 6 nitrogen and oxygen atoms in total. The number of rotatable bonds is 3. The lowest BCUT2D eigenvalue weighted by Gasteiger charge is -2.04. The molecule has 0 N–H and O–H groups in total. The molecule has 1 aromatic carbocycles. The normalized spacial score (nSPS) is 14.7. The van der Waals surface area contributed by atoms with Gasteiger partial charge in [-0.25, -0.2) is 4.39 Å². The fourth-order valence-corrected chi connectivity index (χ4v) is 1.88. The SMILES string of the molecule is O=[N+]([O-])c1cc(F)cc(-c2nncn2C2CC2)c1. The van der Waals surface area contributed by atoms with Crippen LogP contribution in [-0.4, -0.2) is 19.7 Å². The molecule has 0 amide bonds. The summed E-state index contributed by atoms with van der Waals surface area (Å²) >= 11 is 0. The summed E-state index contributed by atoms with van der Waals surface area (Å²) in [6.45, 7) is 0. The Morgan fingerprint density at radius 2 is 2.17 bits per heavy atom. The van der Waals surface area contributed by atoms with Crippen LogP contribution in [0.4, 0.5) is 10.1 Å². The number of hydrogen-bond acceptors (Lipinski definition) is 4. The molecule has 1 heterocycles. The molecule has 92 valence electrons. The summed E-state index contributed by atoms with van der Waals surface area (Å²) in [6.07, 6.45) is 3.63. The molecule has 1 fully saturated rings. The summed E-state index contributed by atoms with van der Waals surface area (Å²) in [5.74, 6) is -0.176. The summed E-state index contributed by atoms with van der Waals surface area (Å²) in [5.41, 5.74) is 0.0986. The van der Waals surface area contributed by atoms with Crippen LogP contribution >= 0.6 is 0 Å². The summed E-state index contributed by atoms with van der Waals surface area (Å²) in [5, 5.41) is 18.4. The highest BCUT2D eigenvalue weighted by molar-refractivity contribution is 5.59. The summed E-state index contributed by atoms with van der Waals surface area (Å²) in [6, 6.07) is 3.76. The van der Waals surface area contributed by atoms with E-state index in [1.54, 1.807) is 6.33 Å². The van der Waals surface area contributed by atoms with E-state index in [-0.39, 0.29) is 5.69 Å². The van der Waals surface area contributed by atoms with Gasteiger partial charge in [0.2, 0.25) is 0 Å². The minimum absolute atomic E-state index is 0.282. The number of nitro benzene ring substituents is 1. The average Bonchev–Trinajstić information content (AvgIpc) is 3.06. The second-order valence-electron chi connectivity index (χ2n) is 4.25. The Morgan fingerprint density at radius 1 is 1.39 bits per heavy atom. The first-order valence-corrected chi connectivity index (χ1v) is 5.50. The van der Waals surface area contributed by atoms with Crippen LogP contribution in [0.1, 0.15) is 18.9 Å². The zero-order chi connectivity index (χ0) is 12.7. The zero-order valence-corrected chi connectivity index (χ0v) is 9.28. The van der Waals surface area contributed by atoms with Crippen LogP contribution in [0.25, 0.3) is 11.4 Å². The second-order valence-corrected chi connectivity index (χ2v) is 4.25. The van der Waals surface area contributed by atoms with Gasteiger partial charge < -0.3 is 4.57 Å². The number of nitro groups is 1. The van der Waals surface area contributed by atoms with Crippen molar-refractivity contribution < 1.29 is 9.31 Å². The molecule has 7 heteroatoms. The number of halogens is 1. The Balaban J connectivity index is 2.10. The average molecular weight is 248 g/mol. The lowest BCUT2D eigenvalue weighted by molar-refractivity contribution is -0.385. The predicted molar refractivity (Wildman–Crippen MR) is 60.3 cm³/mol. The fourth-order valence-electron chi connectivity index (χ4n) is 1.88. The summed E-state index contributed by atoms with van der Waals surface area (Å²) in [7, 11) is 0. The van der Waals surface area contributed by atoms with Crippen molar-refractivity contribution >= 4 is 5.69 Å². The molecule has 0 spiro atoms. The molecule has 2 aromatic rings. The van der Waals surface area contributed by atoms with Crippen molar-refractivity contribution in [3.05, 3.63) is 40.5 Å². The molecule has 1 saturated carbocycles. The monoisotopic (exact) mass is 248 g/mol. The molecule has 3 rings (SSSR count). The van der Waals surface area contributed by atoms with Crippen molar-refractivity contribution in [2.45, 2.75) is 18.9 Å². The number of benzene rings is 1. The van der Waals surface area contributed by atoms with E-state index in [0.717, 1.165) is 18.9 Å². The number of aromatic nitrogens is 3. The number of hydrogen-bond donors (Lipinski definition) is 0. The van der Waals surface area contributed by atoms with E-state index >= 15 is 0 Å². The van der Waals surface area contributed by atoms with Crippen molar-refractivity contribution in [3.8, 4) is 11.4 Å². The summed E-state index contributed by atoms with van der Waals surface area (Å²) < 4.78 is 15.2. The van der Waals surface area contributed by atoms with E-state index in [9.17, 15) is 14.5 Å². The van der Waals surface area contributed by atoms with Crippen LogP contribution in [0.5, 0.6) is 0 Å². The lowest BCUT2D eigenvalue weighted by Crippen LogP contribution is -1.97. The van der Waals surface area contributed by atoms with E-state index in [4.69, 9.17) is 0 Å². The number of nitrogens with zero attached hydrogens (tertiary/aromatic N) is 4. The maximum absolute atomic E-state index is 13.4. The Labute approximate surface area is 101 Å². The fraction of sp³-hybridized carbons (Fsp3) is 0.273. The Kier molecular flexibility index (Phi) is 2.32. The van der Waals surface area contributed by atoms with Gasteiger partial charge in [0.15, 0.2) is 5.82 Å². The minimum Gasteiger partial charge on any atom is -0.310 e. The topological polar surface area (TPSA) is 73.8 Å². The first-order valence-electron chi connectivity index (χ1n) is 5.50. The predicted octanol–water partition coefficient (Wildman–Crippen LogP) is 2.33. The third-order valence-electron chi connectivity index (χ3n) is 2.86. The van der Waals surface area contributed by atoms with Gasteiger partial charge in [0, 0.05) is 17.7 Å². The van der Waals surface area contributed by atoms with Crippen molar-refractivity contribution in [2.75, 3.05) is 0 Å². The van der Waals surface area contributed by atoms with Gasteiger partial charge in [-0.1, -0.05) is 0 Å². The minimum atomic E-state index is -0.649. The maximum Gasteiger partial charge on any atom is 0.273 e. The van der Waals surface area contributed by atoms with E-state index in [2.05, 4.69) is 10.2 Å². The van der Waals surface area contributed by atoms with Crippen LogP contribution < -0.4 is 0 Å². The van der Waals surface area contributed by atoms with E-state index in [1.807, 2.05) is 4.57 Å². The Hall–Kier alpha value is -2.31. The van der Waals surface area contributed by atoms with Crippen LogP contribution in [0.15, 0.2) is 24.5 Å². The maximum atomic E-state index is 13.4. The molecular weight excluding hydrogens is 239 g/mol. The van der Waals surface area contributed by atoms with Crippen LogP contribution in [0.3, 0.4) is 0 Å². The van der Waals surface area contributed by atoms with Gasteiger partial charge in [-0.05, 0) is 18.9 Å². The molecule has 0 radical (unpaired) electrons. The van der Waals surface area contributed by atoms with Crippen molar-refractivity contribution in [3.63, 3.8) is 0 Å². The van der Waals surface area contributed by atoms with Crippen molar-refractivity contribution in [1.29, 1.82) is 0 Å². The quantitative estimate of drug-likeness (QED) is 0.617. The molecule has 18 heavy (non-hydrogen) atoms. The largest absolute Gasteiger partial charge is 0.310 e. The van der Waals surface area contributed by atoms with Crippen molar-refractivity contribution in [1.82, 2.24) is 14.8 Å². The van der Waals surface area contributed by atoms with E-state index < -0.39 is 10.7 Å². The molecule has 1 aromatic heterocycles. The van der Waals surface area contributed by atoms with E-state index in [1.165, 1.54) is 12.1 Å². The highest BCUT2D eigenvalue weighted by atomic mass is 19.1. The smallest absolute Gasteiger partial charge is 0.273 e. The summed E-state index contributed by atoms with van der Waals surface area (Å²) in [4.78, 5) is 10.1. The Morgan fingerprint density at radius 3 is 2.83 bits per heavy atom. The van der Waals surface area contributed by atoms with Crippen LogP contribution in [-0.2, 0) is 0 Å². The molecule has 1 aliphatic carbocycles. The van der Waals surface area contributed by atoms with Gasteiger partial charge in [0.25, 0.3) is 5.69 Å². The molecule has 0 bridgehead atoms. The van der Waals surface area contributed by atoms with Gasteiger partial charge >= 0.3 is 0 Å². The Bertz CT molecular complexity index is 621. The first-order chi connectivity index (χ1) is 8.65. The second kappa shape index (κ2) is 3.86. The molecule has 0 atom stereocenters. The highest BCUT2D eigenvalue weighted by Crippen LogP contribution is 2.37. The van der Waals surface area contributed by atoms with E-state index in [0.29, 0.717) is 17.4 Å². The van der Waals surface area contributed by atoms with Gasteiger partial charge in [-0.3, -0.25) is 10.1 Å². The first kappa shape index (κ1) is 10.8. The van der Waals surface area contributed by atoms with Crippen LogP contribution in [0.2, 0.25) is 0 Å². The molecular formula is C11H9FN4O2. The van der Waals surface area contributed by atoms with Gasteiger partial charge in [0.1, 0.15) is 12.1 Å². The van der Waals surface area contributed by atoms with Crippen molar-refractivity contribution in [2.24, 2.45) is 0 Å².